The van der Waals surface area contributed by atoms with Gasteiger partial charge in [-0.15, -0.1) is 0 Å². The number of hydrogen-bond donors (Lipinski definition) is 1. The summed E-state index contributed by atoms with van der Waals surface area (Å²) in [6.45, 7) is 0.921. The third-order valence-electron chi connectivity index (χ3n) is 3.51. The Morgan fingerprint density at radius 2 is 2.22 bits per heavy atom. The average Bonchev–Trinajstić information content (AvgIpc) is 3.04. The van der Waals surface area contributed by atoms with Crippen LogP contribution in [-0.4, -0.2) is 45.0 Å². The SMILES string of the molecule is N#Cc1nccnc1O[C@@H]1CCN(C(=O)c2ccc(=O)[nH]c2)C1. The zero-order valence-corrected chi connectivity index (χ0v) is 12.1. The fourth-order valence-corrected chi connectivity index (χ4v) is 2.38. The van der Waals surface area contributed by atoms with E-state index in [9.17, 15) is 9.59 Å². The summed E-state index contributed by atoms with van der Waals surface area (Å²) in [5, 5.41) is 8.98. The molecular weight excluding hydrogens is 298 g/mol. The number of H-pyrrole nitrogens is 1. The number of hydrogen-bond acceptors (Lipinski definition) is 6. The third-order valence-corrected chi connectivity index (χ3v) is 3.51. The molecule has 0 aromatic carbocycles. The van der Waals surface area contributed by atoms with Crippen LogP contribution < -0.4 is 10.3 Å². The van der Waals surface area contributed by atoms with Gasteiger partial charge in [-0.05, 0) is 6.07 Å². The van der Waals surface area contributed by atoms with E-state index in [0.717, 1.165) is 0 Å². The fourth-order valence-electron chi connectivity index (χ4n) is 2.38. The van der Waals surface area contributed by atoms with Gasteiger partial charge in [0.2, 0.25) is 11.3 Å². The molecule has 1 fully saturated rings. The summed E-state index contributed by atoms with van der Waals surface area (Å²) in [7, 11) is 0. The molecule has 3 heterocycles. The summed E-state index contributed by atoms with van der Waals surface area (Å²) < 4.78 is 5.68. The highest BCUT2D eigenvalue weighted by molar-refractivity contribution is 5.94. The van der Waals surface area contributed by atoms with Crippen molar-refractivity contribution < 1.29 is 9.53 Å². The van der Waals surface area contributed by atoms with Gasteiger partial charge in [0.1, 0.15) is 12.2 Å². The Bertz CT molecular complexity index is 806. The molecule has 1 N–H and O–H groups in total. The van der Waals surface area contributed by atoms with Crippen LogP contribution in [0.15, 0.2) is 35.5 Å². The maximum Gasteiger partial charge on any atom is 0.255 e. The molecule has 0 bridgehead atoms. The van der Waals surface area contributed by atoms with Crippen LogP contribution in [0.4, 0.5) is 0 Å². The molecule has 8 nitrogen and oxygen atoms in total. The van der Waals surface area contributed by atoms with Gasteiger partial charge in [-0.25, -0.2) is 9.97 Å². The number of aromatic amines is 1. The number of aromatic nitrogens is 3. The Morgan fingerprint density at radius 3 is 2.96 bits per heavy atom. The van der Waals surface area contributed by atoms with Crippen molar-refractivity contribution in [3.63, 3.8) is 0 Å². The monoisotopic (exact) mass is 311 g/mol. The first-order valence-corrected chi connectivity index (χ1v) is 7.03. The zero-order valence-electron chi connectivity index (χ0n) is 12.1. The summed E-state index contributed by atoms with van der Waals surface area (Å²) in [5.74, 6) is 0.00495. The van der Waals surface area contributed by atoms with E-state index in [4.69, 9.17) is 10.00 Å². The molecule has 23 heavy (non-hydrogen) atoms. The molecule has 1 saturated heterocycles. The number of ether oxygens (including phenoxy) is 1. The summed E-state index contributed by atoms with van der Waals surface area (Å²) in [4.78, 5) is 35.4. The Hall–Kier alpha value is -3.21. The third kappa shape index (κ3) is 3.18. The minimum absolute atomic E-state index is 0.123. The normalized spacial score (nSPS) is 16.8. The van der Waals surface area contributed by atoms with Crippen molar-refractivity contribution in [1.82, 2.24) is 19.9 Å². The van der Waals surface area contributed by atoms with Crippen molar-refractivity contribution in [3.8, 4) is 11.9 Å². The standard InChI is InChI=1S/C15H13N5O3/c16-7-12-14(18-5-4-17-12)23-11-3-6-20(9-11)15(22)10-1-2-13(21)19-8-10/h1-2,4-5,8,11H,3,6,9H2,(H,19,21)/t11-/m1/s1. The van der Waals surface area contributed by atoms with Gasteiger partial charge in [-0.2, -0.15) is 5.26 Å². The van der Waals surface area contributed by atoms with Gasteiger partial charge < -0.3 is 14.6 Å². The minimum Gasteiger partial charge on any atom is -0.470 e. The van der Waals surface area contributed by atoms with Crippen molar-refractivity contribution >= 4 is 5.91 Å². The number of nitrogens with one attached hydrogen (secondary N) is 1. The van der Waals surface area contributed by atoms with Crippen molar-refractivity contribution in [2.45, 2.75) is 12.5 Å². The highest BCUT2D eigenvalue weighted by Gasteiger charge is 2.29. The van der Waals surface area contributed by atoms with Gasteiger partial charge in [-0.1, -0.05) is 0 Å². The second kappa shape index (κ2) is 6.27. The van der Waals surface area contributed by atoms with E-state index in [1.807, 2.05) is 6.07 Å². The van der Waals surface area contributed by atoms with Gasteiger partial charge in [0.15, 0.2) is 0 Å². The van der Waals surface area contributed by atoms with E-state index < -0.39 is 0 Å². The first-order chi connectivity index (χ1) is 11.2. The fraction of sp³-hybridized carbons (Fsp3) is 0.267. The first-order valence-electron chi connectivity index (χ1n) is 7.03. The summed E-state index contributed by atoms with van der Waals surface area (Å²) in [5.41, 5.74) is 0.288. The summed E-state index contributed by atoms with van der Waals surface area (Å²) in [6, 6.07) is 4.73. The molecule has 2 aromatic rings. The largest absolute Gasteiger partial charge is 0.470 e. The quantitative estimate of drug-likeness (QED) is 0.874. The van der Waals surface area contributed by atoms with E-state index in [-0.39, 0.29) is 29.1 Å². The number of carbonyl (C=O) groups excluding carboxylic acids is 1. The molecular formula is C15H13N5O3. The van der Waals surface area contributed by atoms with E-state index in [2.05, 4.69) is 15.0 Å². The Morgan fingerprint density at radius 1 is 1.39 bits per heavy atom. The van der Waals surface area contributed by atoms with Gasteiger partial charge in [-0.3, -0.25) is 9.59 Å². The van der Waals surface area contributed by atoms with Crippen molar-refractivity contribution in [1.29, 1.82) is 5.26 Å². The smallest absolute Gasteiger partial charge is 0.255 e. The predicted octanol–water partition coefficient (Wildman–Crippen LogP) is 0.330. The second-order valence-electron chi connectivity index (χ2n) is 5.04. The molecule has 0 radical (unpaired) electrons. The van der Waals surface area contributed by atoms with E-state index in [1.54, 1.807) is 4.90 Å². The second-order valence-corrected chi connectivity index (χ2v) is 5.04. The van der Waals surface area contributed by atoms with Crippen LogP contribution in [0.3, 0.4) is 0 Å². The van der Waals surface area contributed by atoms with Crippen LogP contribution in [0.2, 0.25) is 0 Å². The number of likely N-dealkylation sites (tertiary alicyclic amines) is 1. The highest BCUT2D eigenvalue weighted by Crippen LogP contribution is 2.19. The zero-order chi connectivity index (χ0) is 16.2. The van der Waals surface area contributed by atoms with Crippen molar-refractivity contribution in [3.05, 3.63) is 52.3 Å². The highest BCUT2D eigenvalue weighted by atomic mass is 16.5. The molecule has 2 aromatic heterocycles. The first kappa shape index (κ1) is 14.7. The Balaban J connectivity index is 1.66. The molecule has 3 rings (SSSR count). The van der Waals surface area contributed by atoms with Crippen LogP contribution in [0.5, 0.6) is 5.88 Å². The molecule has 1 aliphatic heterocycles. The van der Waals surface area contributed by atoms with Crippen LogP contribution in [-0.2, 0) is 0 Å². The number of amides is 1. The number of nitriles is 1. The summed E-state index contributed by atoms with van der Waals surface area (Å²) >= 11 is 0. The molecule has 0 aliphatic carbocycles. The van der Waals surface area contributed by atoms with E-state index >= 15 is 0 Å². The molecule has 116 valence electrons. The van der Waals surface area contributed by atoms with Gasteiger partial charge in [0.25, 0.3) is 11.8 Å². The number of carbonyl (C=O) groups is 1. The molecule has 1 atom stereocenters. The van der Waals surface area contributed by atoms with Crippen molar-refractivity contribution in [2.75, 3.05) is 13.1 Å². The molecule has 1 aliphatic rings. The lowest BCUT2D eigenvalue weighted by Gasteiger charge is -2.17. The number of nitrogens with zero attached hydrogens (tertiary/aromatic N) is 4. The van der Waals surface area contributed by atoms with Crippen LogP contribution in [0.25, 0.3) is 0 Å². The lowest BCUT2D eigenvalue weighted by molar-refractivity contribution is 0.0770. The maximum absolute atomic E-state index is 12.3. The number of rotatable bonds is 3. The molecule has 8 heteroatoms. The molecule has 0 saturated carbocycles. The van der Waals surface area contributed by atoms with Crippen LogP contribution in [0.1, 0.15) is 22.5 Å². The lowest BCUT2D eigenvalue weighted by Crippen LogP contribution is -2.31. The predicted molar refractivity (Wildman–Crippen MR) is 78.7 cm³/mol. The van der Waals surface area contributed by atoms with Gasteiger partial charge >= 0.3 is 0 Å². The average molecular weight is 311 g/mol. The summed E-state index contributed by atoms with van der Waals surface area (Å²) in [6.07, 6.45) is 4.66. The minimum atomic E-state index is -0.254. The number of pyridine rings is 1. The van der Waals surface area contributed by atoms with E-state index in [1.165, 1.54) is 30.7 Å². The van der Waals surface area contributed by atoms with E-state index in [0.29, 0.717) is 25.1 Å². The van der Waals surface area contributed by atoms with Crippen LogP contribution in [0, 0.1) is 11.3 Å². The maximum atomic E-state index is 12.3. The topological polar surface area (TPSA) is 112 Å². The Kier molecular flexibility index (Phi) is 4.01. The van der Waals surface area contributed by atoms with Gasteiger partial charge in [0, 0.05) is 37.6 Å². The van der Waals surface area contributed by atoms with Crippen LogP contribution >= 0.6 is 0 Å². The Labute approximate surface area is 131 Å². The molecule has 1 amide bonds. The molecule has 0 spiro atoms. The van der Waals surface area contributed by atoms with Crippen molar-refractivity contribution in [2.24, 2.45) is 0 Å². The lowest BCUT2D eigenvalue weighted by atomic mass is 10.2. The molecule has 0 unspecified atom stereocenters. The van der Waals surface area contributed by atoms with Gasteiger partial charge in [0.05, 0.1) is 12.1 Å².